The van der Waals surface area contributed by atoms with Crippen molar-refractivity contribution in [1.82, 2.24) is 19.5 Å². The predicted molar refractivity (Wildman–Crippen MR) is 135 cm³/mol. The maximum atomic E-state index is 13.0. The van der Waals surface area contributed by atoms with Gasteiger partial charge in [0.15, 0.2) is 5.82 Å². The number of carbonyl (C=O) groups excluding carboxylic acids is 1. The molecular weight excluding hydrogens is 517 g/mol. The summed E-state index contributed by atoms with van der Waals surface area (Å²) >= 11 is 0. The topological polar surface area (TPSA) is 134 Å². The monoisotopic (exact) mass is 543 g/mol. The molecule has 5 rings (SSSR count). The summed E-state index contributed by atoms with van der Waals surface area (Å²) in [6, 6.07) is 7.84. The van der Waals surface area contributed by atoms with E-state index >= 15 is 0 Å². The van der Waals surface area contributed by atoms with Crippen LogP contribution in [0.4, 0.5) is 35.3 Å². The molecule has 0 unspecified atom stereocenters. The predicted octanol–water partition coefficient (Wildman–Crippen LogP) is 3.31. The van der Waals surface area contributed by atoms with Gasteiger partial charge in [-0.15, -0.1) is 0 Å². The van der Waals surface area contributed by atoms with Gasteiger partial charge in [0.05, 0.1) is 24.5 Å². The number of nitrogens with two attached hydrogens (primary N) is 1. The zero-order valence-corrected chi connectivity index (χ0v) is 20.9. The highest BCUT2D eigenvalue weighted by molar-refractivity contribution is 5.99. The number of ether oxygens (including phenoxy) is 1. The number of rotatable bonds is 5. The van der Waals surface area contributed by atoms with Crippen LogP contribution in [0.2, 0.25) is 0 Å². The van der Waals surface area contributed by atoms with Gasteiger partial charge in [-0.2, -0.15) is 23.6 Å². The number of morpholine rings is 1. The first-order chi connectivity index (χ1) is 18.6. The molecule has 1 aliphatic heterocycles. The van der Waals surface area contributed by atoms with Gasteiger partial charge in [0.25, 0.3) is 0 Å². The molecule has 39 heavy (non-hydrogen) atoms. The second-order valence-corrected chi connectivity index (χ2v) is 9.10. The van der Waals surface area contributed by atoms with E-state index in [4.69, 9.17) is 10.5 Å². The summed E-state index contributed by atoms with van der Waals surface area (Å²) in [5.41, 5.74) is 9.57. The van der Waals surface area contributed by atoms with Gasteiger partial charge in [-0.25, -0.2) is 14.3 Å². The Kier molecular flexibility index (Phi) is 6.97. The Morgan fingerprint density at radius 2 is 1.95 bits per heavy atom. The normalized spacial score (nSPS) is 14.5. The van der Waals surface area contributed by atoms with Crippen LogP contribution in [-0.2, 0) is 17.5 Å². The summed E-state index contributed by atoms with van der Waals surface area (Å²) in [5.74, 6) is -0.119. The maximum absolute atomic E-state index is 13.0. The fraction of sp³-hybridized carbons (Fsp3) is 0.280. The molecule has 0 bridgehead atoms. The minimum absolute atomic E-state index is 0.325. The average molecular weight is 544 g/mol. The molecule has 0 atom stereocenters. The van der Waals surface area contributed by atoms with Crippen LogP contribution in [0.25, 0.3) is 16.6 Å². The molecule has 0 radical (unpaired) electrons. The number of anilines is 3. The molecule has 1 saturated heterocycles. The van der Waals surface area contributed by atoms with E-state index in [0.717, 1.165) is 36.1 Å². The second kappa shape index (κ2) is 10.4. The maximum Gasteiger partial charge on any atom is 0.416 e. The molecule has 1 fully saturated rings. The second-order valence-electron chi connectivity index (χ2n) is 9.10. The number of aromatic nitrogens is 4. The first-order valence-corrected chi connectivity index (χ1v) is 12.0. The van der Waals surface area contributed by atoms with Crippen LogP contribution < -0.4 is 21.1 Å². The molecule has 1 aromatic carbocycles. The van der Waals surface area contributed by atoms with Gasteiger partial charge in [-0.3, -0.25) is 10.2 Å². The van der Waals surface area contributed by atoms with Crippen molar-refractivity contribution in [2.45, 2.75) is 19.6 Å². The number of amides is 2. The molecule has 4 aromatic rings. The highest BCUT2D eigenvalue weighted by Gasteiger charge is 2.33. The molecule has 3 aromatic heterocycles. The largest absolute Gasteiger partial charge is 0.416 e. The lowest BCUT2D eigenvalue weighted by atomic mass is 10.0. The molecule has 5 N–H and O–H groups in total. The Morgan fingerprint density at radius 1 is 1.18 bits per heavy atom. The summed E-state index contributed by atoms with van der Waals surface area (Å²) < 4.78 is 46.6. The summed E-state index contributed by atoms with van der Waals surface area (Å²) in [6.07, 6.45) is -2.43. The van der Waals surface area contributed by atoms with Gasteiger partial charge >= 0.3 is 18.0 Å². The molecular formula is C25H26F3N8O3+. The number of hydrogen-bond donors (Lipinski definition) is 4. The van der Waals surface area contributed by atoms with Gasteiger partial charge in [0, 0.05) is 37.0 Å². The smallest absolute Gasteiger partial charge is 0.382 e. The minimum atomic E-state index is -4.63. The lowest BCUT2D eigenvalue weighted by molar-refractivity contribution is -0.893. The number of nitrogens with one attached hydrogen (secondary N) is 2. The van der Waals surface area contributed by atoms with E-state index in [-0.39, 0.29) is 0 Å². The molecule has 4 heterocycles. The van der Waals surface area contributed by atoms with Crippen LogP contribution in [0.5, 0.6) is 0 Å². The quantitative estimate of drug-likeness (QED) is 0.224. The zero-order valence-electron chi connectivity index (χ0n) is 20.9. The first-order valence-electron chi connectivity index (χ1n) is 12.0. The lowest BCUT2D eigenvalue weighted by Crippen LogP contribution is -2.37. The third kappa shape index (κ3) is 5.56. The van der Waals surface area contributed by atoms with Crippen LogP contribution in [0, 0.1) is 6.92 Å². The number of urea groups is 1. The van der Waals surface area contributed by atoms with Crippen LogP contribution >= 0.6 is 0 Å². The van der Waals surface area contributed by atoms with E-state index in [1.807, 2.05) is 12.1 Å². The number of carbonyl (C=O) groups is 1. The Morgan fingerprint density at radius 3 is 2.67 bits per heavy atom. The Hall–Kier alpha value is -4.43. The Balaban J connectivity index is 1.38. The number of benzene rings is 1. The van der Waals surface area contributed by atoms with Crippen LogP contribution in [-0.4, -0.2) is 57.0 Å². The number of aryl methyl sites for hydroxylation is 1. The minimum Gasteiger partial charge on any atom is -0.382 e. The van der Waals surface area contributed by atoms with Gasteiger partial charge in [0.1, 0.15) is 18.0 Å². The number of halogens is 3. The van der Waals surface area contributed by atoms with Gasteiger partial charge < -0.3 is 15.7 Å². The number of nitrogens with zero attached hydrogens (tertiary/aromatic N) is 5. The third-order valence-electron chi connectivity index (χ3n) is 6.43. The van der Waals surface area contributed by atoms with E-state index < -0.39 is 23.6 Å². The Labute approximate surface area is 220 Å². The molecule has 204 valence electrons. The molecule has 1 aliphatic rings. The lowest BCUT2D eigenvalue weighted by Gasteiger charge is -2.26. The summed E-state index contributed by atoms with van der Waals surface area (Å²) in [6.45, 7) is 5.38. The first kappa shape index (κ1) is 26.2. The van der Waals surface area contributed by atoms with Gasteiger partial charge in [0.2, 0.25) is 0 Å². The Bertz CT molecular complexity index is 1530. The fourth-order valence-corrected chi connectivity index (χ4v) is 4.46. The summed E-state index contributed by atoms with van der Waals surface area (Å²) in [5, 5.41) is 19.1. The highest BCUT2D eigenvalue weighted by Crippen LogP contribution is 2.33. The van der Waals surface area contributed by atoms with Crippen molar-refractivity contribution >= 4 is 28.9 Å². The molecule has 2 amide bonds. The van der Waals surface area contributed by atoms with Crippen molar-refractivity contribution in [1.29, 1.82) is 0 Å². The van der Waals surface area contributed by atoms with Crippen molar-refractivity contribution in [2.75, 3.05) is 42.7 Å². The van der Waals surface area contributed by atoms with E-state index in [0.29, 0.717) is 59.2 Å². The van der Waals surface area contributed by atoms with Crippen molar-refractivity contribution in [3.63, 3.8) is 0 Å². The molecule has 0 aliphatic carbocycles. The highest BCUT2D eigenvalue weighted by atomic mass is 19.4. The van der Waals surface area contributed by atoms with Crippen molar-refractivity contribution < 1.29 is 32.6 Å². The third-order valence-corrected chi connectivity index (χ3v) is 6.43. The van der Waals surface area contributed by atoms with Crippen LogP contribution in [0.1, 0.15) is 16.8 Å². The fourth-order valence-electron chi connectivity index (χ4n) is 4.46. The standard InChI is InChI=1S/C25H25F3N8O3/c1-15-10-16(2-3-20(15)32-24(37)33-21-11-17(25(26,27)28)4-5-35(21)38)19-12-18(13-34-6-8-39-9-7-34)36-22(19)23(29)30-14-31-36/h2-5,10-12,14,38H,6-9,13H2,1H3,(H3,29,30,31,32,37)/p+1. The number of alkyl halides is 3. The SMILES string of the molecule is Cc1cc(-c2cc(CN3CCOCC3)n3ncnc(N)c23)ccc1NC(=O)Nc1cc(C(F)(F)F)cc[n+]1O. The van der Waals surface area contributed by atoms with Crippen molar-refractivity contribution in [3.05, 3.63) is 65.7 Å². The van der Waals surface area contributed by atoms with Gasteiger partial charge in [-0.05, 0) is 42.3 Å². The van der Waals surface area contributed by atoms with E-state index in [2.05, 4.69) is 25.6 Å². The van der Waals surface area contributed by atoms with Crippen LogP contribution in [0.3, 0.4) is 0 Å². The number of nitrogen functional groups attached to an aromatic ring is 1. The van der Waals surface area contributed by atoms with E-state index in [1.54, 1.807) is 23.6 Å². The molecule has 0 spiro atoms. The summed E-state index contributed by atoms with van der Waals surface area (Å²) in [7, 11) is 0. The molecule has 11 nitrogen and oxygen atoms in total. The van der Waals surface area contributed by atoms with Crippen molar-refractivity contribution in [2.24, 2.45) is 0 Å². The molecule has 0 saturated carbocycles. The molecule has 14 heteroatoms. The van der Waals surface area contributed by atoms with Gasteiger partial charge in [-0.1, -0.05) is 10.8 Å². The van der Waals surface area contributed by atoms with Crippen LogP contribution in [0.15, 0.2) is 48.9 Å². The number of pyridine rings is 1. The zero-order chi connectivity index (χ0) is 27.7. The van der Waals surface area contributed by atoms with E-state index in [1.165, 1.54) is 6.33 Å². The van der Waals surface area contributed by atoms with Crippen molar-refractivity contribution in [3.8, 4) is 11.1 Å². The number of fused-ring (bicyclic) bond motifs is 1. The number of hydrogen-bond acceptors (Lipinski definition) is 7. The van der Waals surface area contributed by atoms with E-state index in [9.17, 15) is 23.2 Å². The summed E-state index contributed by atoms with van der Waals surface area (Å²) in [4.78, 5) is 19.0. The average Bonchev–Trinajstić information content (AvgIpc) is 3.26.